The standard InChI is InChI=1S/C11H13F3O2Si/c1-17(2,3)16-10-6-9(11(12,13)14)5-4-8(10)7-15/h4-7H,1-3H3. The molecule has 1 rings (SSSR count). The summed E-state index contributed by atoms with van der Waals surface area (Å²) in [6.07, 6.45) is -3.94. The van der Waals surface area contributed by atoms with Gasteiger partial charge in [-0.15, -0.1) is 0 Å². The molecule has 0 N–H and O–H groups in total. The highest BCUT2D eigenvalue weighted by atomic mass is 28.4. The van der Waals surface area contributed by atoms with Gasteiger partial charge < -0.3 is 4.43 Å². The van der Waals surface area contributed by atoms with Gasteiger partial charge in [-0.2, -0.15) is 13.2 Å². The van der Waals surface area contributed by atoms with Crippen LogP contribution in [0.25, 0.3) is 0 Å². The number of carbonyl (C=O) groups is 1. The number of rotatable bonds is 3. The van der Waals surface area contributed by atoms with Gasteiger partial charge in [-0.05, 0) is 37.8 Å². The number of aldehydes is 1. The minimum absolute atomic E-state index is 0.00833. The van der Waals surface area contributed by atoms with E-state index >= 15 is 0 Å². The molecule has 0 radical (unpaired) electrons. The molecule has 0 amide bonds. The predicted octanol–water partition coefficient (Wildman–Crippen LogP) is 3.73. The van der Waals surface area contributed by atoms with Crippen LogP contribution >= 0.6 is 0 Å². The third-order valence-corrected chi connectivity index (χ3v) is 2.72. The van der Waals surface area contributed by atoms with E-state index in [9.17, 15) is 18.0 Å². The number of halogens is 3. The summed E-state index contributed by atoms with van der Waals surface area (Å²) in [7, 11) is -2.05. The summed E-state index contributed by atoms with van der Waals surface area (Å²) < 4.78 is 43.0. The SMILES string of the molecule is C[Si](C)(C)Oc1cc(C(F)(F)F)ccc1C=O. The fourth-order valence-electron chi connectivity index (χ4n) is 1.23. The lowest BCUT2D eigenvalue weighted by Crippen LogP contribution is -2.30. The van der Waals surface area contributed by atoms with Crippen molar-refractivity contribution in [3.8, 4) is 5.75 Å². The van der Waals surface area contributed by atoms with E-state index in [4.69, 9.17) is 4.43 Å². The first-order valence-electron chi connectivity index (χ1n) is 4.99. The quantitative estimate of drug-likeness (QED) is 0.613. The maximum Gasteiger partial charge on any atom is 0.416 e. The molecule has 0 aliphatic rings. The van der Waals surface area contributed by atoms with Gasteiger partial charge in [0.2, 0.25) is 8.32 Å². The fraction of sp³-hybridized carbons (Fsp3) is 0.364. The predicted molar refractivity (Wildman–Crippen MR) is 60.8 cm³/mol. The lowest BCUT2D eigenvalue weighted by molar-refractivity contribution is -0.137. The zero-order chi connectivity index (χ0) is 13.3. The Bertz CT molecular complexity index is 422. The van der Waals surface area contributed by atoms with E-state index < -0.39 is 20.1 Å². The van der Waals surface area contributed by atoms with E-state index in [0.717, 1.165) is 18.2 Å². The van der Waals surface area contributed by atoms with Crippen LogP contribution in [0.2, 0.25) is 19.6 Å². The van der Waals surface area contributed by atoms with Crippen LogP contribution in [0.4, 0.5) is 13.2 Å². The van der Waals surface area contributed by atoms with Crippen molar-refractivity contribution in [1.29, 1.82) is 0 Å². The maximum absolute atomic E-state index is 12.5. The van der Waals surface area contributed by atoms with Gasteiger partial charge in [0.05, 0.1) is 11.1 Å². The van der Waals surface area contributed by atoms with Crippen LogP contribution in [0.3, 0.4) is 0 Å². The number of carbonyl (C=O) groups excluding carboxylic acids is 1. The molecule has 17 heavy (non-hydrogen) atoms. The van der Waals surface area contributed by atoms with Crippen molar-refractivity contribution in [3.05, 3.63) is 29.3 Å². The highest BCUT2D eigenvalue weighted by molar-refractivity contribution is 6.70. The molecule has 6 heteroatoms. The molecule has 0 aliphatic heterocycles. The highest BCUT2D eigenvalue weighted by Gasteiger charge is 2.31. The molecule has 1 aromatic carbocycles. The van der Waals surface area contributed by atoms with Crippen LogP contribution in [-0.4, -0.2) is 14.6 Å². The minimum Gasteiger partial charge on any atom is -0.544 e. The second-order valence-corrected chi connectivity index (χ2v) is 9.01. The molecule has 0 unspecified atom stereocenters. The maximum atomic E-state index is 12.5. The Morgan fingerprint density at radius 1 is 1.24 bits per heavy atom. The molecule has 0 spiro atoms. The Hall–Kier alpha value is -1.30. The van der Waals surface area contributed by atoms with E-state index in [1.165, 1.54) is 0 Å². The largest absolute Gasteiger partial charge is 0.544 e. The Morgan fingerprint density at radius 2 is 1.82 bits per heavy atom. The number of alkyl halides is 3. The Morgan fingerprint density at radius 3 is 2.24 bits per heavy atom. The molecule has 1 aromatic rings. The summed E-state index contributed by atoms with van der Waals surface area (Å²) in [5.41, 5.74) is -0.670. The first kappa shape index (κ1) is 13.8. The summed E-state index contributed by atoms with van der Waals surface area (Å²) in [6.45, 7) is 5.51. The molecule has 0 saturated heterocycles. The molecule has 94 valence electrons. The third kappa shape index (κ3) is 3.88. The second kappa shape index (κ2) is 4.52. The molecule has 0 bridgehead atoms. The monoisotopic (exact) mass is 262 g/mol. The number of benzene rings is 1. The van der Waals surface area contributed by atoms with Crippen molar-refractivity contribution in [1.82, 2.24) is 0 Å². The zero-order valence-corrected chi connectivity index (χ0v) is 10.8. The van der Waals surface area contributed by atoms with Crippen molar-refractivity contribution in [2.24, 2.45) is 0 Å². The number of hydrogen-bond acceptors (Lipinski definition) is 2. The van der Waals surface area contributed by atoms with E-state index in [-0.39, 0.29) is 11.3 Å². The van der Waals surface area contributed by atoms with E-state index in [1.54, 1.807) is 0 Å². The van der Waals surface area contributed by atoms with Crippen molar-refractivity contribution >= 4 is 14.6 Å². The van der Waals surface area contributed by atoms with Crippen molar-refractivity contribution in [3.63, 3.8) is 0 Å². The lowest BCUT2D eigenvalue weighted by Gasteiger charge is -2.21. The van der Waals surface area contributed by atoms with Crippen molar-refractivity contribution in [2.75, 3.05) is 0 Å². The smallest absolute Gasteiger partial charge is 0.416 e. The van der Waals surface area contributed by atoms with E-state index in [2.05, 4.69) is 0 Å². The molecule has 0 fully saturated rings. The van der Waals surface area contributed by atoms with Crippen LogP contribution in [0.5, 0.6) is 5.75 Å². The van der Waals surface area contributed by atoms with Gasteiger partial charge in [-0.1, -0.05) is 0 Å². The molecule has 0 heterocycles. The first-order chi connectivity index (χ1) is 7.63. The Labute approximate surface area is 98.5 Å². The van der Waals surface area contributed by atoms with Crippen molar-refractivity contribution < 1.29 is 22.4 Å². The fourth-order valence-corrected chi connectivity index (χ4v) is 2.06. The molecule has 0 atom stereocenters. The highest BCUT2D eigenvalue weighted by Crippen LogP contribution is 2.33. The zero-order valence-electron chi connectivity index (χ0n) is 9.76. The van der Waals surface area contributed by atoms with Gasteiger partial charge in [-0.25, -0.2) is 0 Å². The summed E-state index contributed by atoms with van der Waals surface area (Å²) >= 11 is 0. The summed E-state index contributed by atoms with van der Waals surface area (Å²) in [6, 6.07) is 2.88. The second-order valence-electron chi connectivity index (χ2n) is 4.58. The van der Waals surface area contributed by atoms with Crippen LogP contribution in [-0.2, 0) is 6.18 Å². The average Bonchev–Trinajstić information content (AvgIpc) is 2.13. The first-order valence-corrected chi connectivity index (χ1v) is 8.40. The van der Waals surface area contributed by atoms with Crippen LogP contribution in [0.15, 0.2) is 18.2 Å². The van der Waals surface area contributed by atoms with Gasteiger partial charge in [0.25, 0.3) is 0 Å². The van der Waals surface area contributed by atoms with Gasteiger partial charge in [-0.3, -0.25) is 4.79 Å². The van der Waals surface area contributed by atoms with Crippen LogP contribution in [0, 0.1) is 0 Å². The van der Waals surface area contributed by atoms with Crippen LogP contribution in [0.1, 0.15) is 15.9 Å². The van der Waals surface area contributed by atoms with Gasteiger partial charge >= 0.3 is 6.18 Å². The number of hydrogen-bond donors (Lipinski definition) is 0. The molecule has 2 nitrogen and oxygen atoms in total. The topological polar surface area (TPSA) is 26.3 Å². The summed E-state index contributed by atoms with van der Waals surface area (Å²) in [4.78, 5) is 10.7. The summed E-state index contributed by atoms with van der Waals surface area (Å²) in [5.74, 6) is 0.00833. The normalized spacial score (nSPS) is 12.4. The van der Waals surface area contributed by atoms with E-state index in [1.807, 2.05) is 19.6 Å². The molecule has 0 saturated carbocycles. The molecular weight excluding hydrogens is 249 g/mol. The summed E-state index contributed by atoms with van der Waals surface area (Å²) in [5, 5.41) is 0. The third-order valence-electron chi connectivity index (χ3n) is 1.88. The van der Waals surface area contributed by atoms with Gasteiger partial charge in [0, 0.05) is 0 Å². The molecular formula is C11H13F3O2Si. The Kier molecular flexibility index (Phi) is 3.66. The lowest BCUT2D eigenvalue weighted by atomic mass is 10.1. The molecule has 0 aromatic heterocycles. The molecule has 0 aliphatic carbocycles. The van der Waals surface area contributed by atoms with E-state index in [0.29, 0.717) is 6.29 Å². The van der Waals surface area contributed by atoms with Crippen LogP contribution < -0.4 is 4.43 Å². The van der Waals surface area contributed by atoms with Gasteiger partial charge in [0.15, 0.2) is 6.29 Å². The minimum atomic E-state index is -4.43. The average molecular weight is 262 g/mol. The Balaban J connectivity index is 3.20. The van der Waals surface area contributed by atoms with Crippen molar-refractivity contribution in [2.45, 2.75) is 25.8 Å². The van der Waals surface area contributed by atoms with Gasteiger partial charge in [0.1, 0.15) is 5.75 Å².